The third kappa shape index (κ3) is 2.81. The summed E-state index contributed by atoms with van der Waals surface area (Å²) in [5.74, 6) is 0.777. The monoisotopic (exact) mass is 356 g/mol. The van der Waals surface area contributed by atoms with E-state index in [1.54, 1.807) is 0 Å². The summed E-state index contributed by atoms with van der Waals surface area (Å²) < 4.78 is 2.89. The fourth-order valence-electron chi connectivity index (χ4n) is 2.22. The Morgan fingerprint density at radius 1 is 1.00 bits per heavy atom. The first-order valence-electron chi connectivity index (χ1n) is 7.10. The molecule has 2 heterocycles. The summed E-state index contributed by atoms with van der Waals surface area (Å²) in [6, 6.07) is 13.7. The fourth-order valence-corrected chi connectivity index (χ4v) is 2.58. The van der Waals surface area contributed by atoms with Crippen molar-refractivity contribution in [3.8, 4) is 0 Å². The Morgan fingerprint density at radius 3 is 2.45 bits per heavy atom. The molecule has 5 heteroatoms. The molecule has 0 saturated carbocycles. The predicted molar refractivity (Wildman–Crippen MR) is 92.2 cm³/mol. The zero-order chi connectivity index (χ0) is 15.7. The van der Waals surface area contributed by atoms with Gasteiger partial charge in [0.1, 0.15) is 5.65 Å². The number of azo groups is 1. The summed E-state index contributed by atoms with van der Waals surface area (Å²) in [7, 11) is 0. The number of halogens is 1. The third-order valence-electron chi connectivity index (χ3n) is 3.32. The molecule has 0 atom stereocenters. The van der Waals surface area contributed by atoms with Gasteiger partial charge in [0.15, 0.2) is 5.82 Å². The van der Waals surface area contributed by atoms with E-state index in [0.717, 1.165) is 27.3 Å². The first-order valence-corrected chi connectivity index (χ1v) is 7.90. The highest BCUT2D eigenvalue weighted by molar-refractivity contribution is 9.10. The Bertz CT molecular complexity index is 843. The van der Waals surface area contributed by atoms with Crippen LogP contribution in [0.5, 0.6) is 0 Å². The molecular weight excluding hydrogens is 340 g/mol. The Morgan fingerprint density at radius 2 is 1.73 bits per heavy atom. The molecule has 2 aromatic heterocycles. The van der Waals surface area contributed by atoms with E-state index < -0.39 is 0 Å². The molecule has 3 rings (SSSR count). The van der Waals surface area contributed by atoms with Crippen molar-refractivity contribution in [1.29, 1.82) is 0 Å². The van der Waals surface area contributed by atoms with E-state index in [0.29, 0.717) is 0 Å². The lowest BCUT2D eigenvalue weighted by molar-refractivity contribution is 0.574. The molecule has 0 N–H and O–H groups in total. The smallest absolute Gasteiger partial charge is 0.183 e. The van der Waals surface area contributed by atoms with Crippen molar-refractivity contribution >= 4 is 33.1 Å². The maximum Gasteiger partial charge on any atom is 0.183 e. The Hall–Kier alpha value is -2.01. The second-order valence-corrected chi connectivity index (χ2v) is 6.97. The zero-order valence-corrected chi connectivity index (χ0v) is 14.4. The molecule has 0 saturated heterocycles. The number of hydrogen-bond donors (Lipinski definition) is 0. The van der Waals surface area contributed by atoms with Crippen LogP contribution in [0.15, 0.2) is 63.4 Å². The van der Waals surface area contributed by atoms with E-state index in [2.05, 4.69) is 46.9 Å². The van der Waals surface area contributed by atoms with Gasteiger partial charge in [0, 0.05) is 16.1 Å². The molecule has 0 fully saturated rings. The van der Waals surface area contributed by atoms with Crippen LogP contribution in [-0.4, -0.2) is 9.38 Å². The number of rotatable bonds is 2. The molecule has 0 spiro atoms. The maximum atomic E-state index is 4.72. The molecule has 0 amide bonds. The largest absolute Gasteiger partial charge is 0.283 e. The molecule has 0 aliphatic carbocycles. The third-order valence-corrected chi connectivity index (χ3v) is 3.99. The van der Waals surface area contributed by atoms with E-state index in [9.17, 15) is 0 Å². The van der Waals surface area contributed by atoms with Crippen LogP contribution in [0.2, 0.25) is 0 Å². The van der Waals surface area contributed by atoms with E-state index in [1.165, 1.54) is 0 Å². The molecule has 0 aliphatic rings. The predicted octanol–water partition coefficient (Wildman–Crippen LogP) is 5.81. The van der Waals surface area contributed by atoms with Crippen molar-refractivity contribution < 1.29 is 0 Å². The van der Waals surface area contributed by atoms with Gasteiger partial charge in [-0.1, -0.05) is 39.0 Å². The van der Waals surface area contributed by atoms with E-state index in [1.807, 2.05) is 53.1 Å². The van der Waals surface area contributed by atoms with Crippen LogP contribution in [-0.2, 0) is 5.41 Å². The summed E-state index contributed by atoms with van der Waals surface area (Å²) in [4.78, 5) is 4.72. The normalized spacial score (nSPS) is 12.4. The first kappa shape index (κ1) is 14.9. The van der Waals surface area contributed by atoms with Gasteiger partial charge in [0.2, 0.25) is 0 Å². The molecule has 0 radical (unpaired) electrons. The van der Waals surface area contributed by atoms with E-state index in [4.69, 9.17) is 4.98 Å². The molecule has 0 aliphatic heterocycles. The Kier molecular flexibility index (Phi) is 3.83. The van der Waals surface area contributed by atoms with Gasteiger partial charge in [-0.2, -0.15) is 0 Å². The summed E-state index contributed by atoms with van der Waals surface area (Å²) in [5, 5.41) is 8.88. The van der Waals surface area contributed by atoms with Gasteiger partial charge in [-0.05, 0) is 40.2 Å². The second kappa shape index (κ2) is 5.65. The number of imidazole rings is 1. The average Bonchev–Trinajstić information content (AvgIpc) is 2.85. The molecule has 112 valence electrons. The van der Waals surface area contributed by atoms with Crippen LogP contribution in [0.1, 0.15) is 26.5 Å². The van der Waals surface area contributed by atoms with Gasteiger partial charge in [-0.25, -0.2) is 4.98 Å². The van der Waals surface area contributed by atoms with Crippen LogP contribution in [0, 0.1) is 0 Å². The van der Waals surface area contributed by atoms with Gasteiger partial charge in [-0.15, -0.1) is 10.2 Å². The van der Waals surface area contributed by atoms with Crippen LogP contribution < -0.4 is 0 Å². The van der Waals surface area contributed by atoms with Crippen LogP contribution >= 0.6 is 15.9 Å². The second-order valence-electron chi connectivity index (χ2n) is 6.11. The van der Waals surface area contributed by atoms with Gasteiger partial charge in [-0.3, -0.25) is 4.40 Å². The van der Waals surface area contributed by atoms with Gasteiger partial charge < -0.3 is 0 Å². The van der Waals surface area contributed by atoms with Crippen molar-refractivity contribution in [2.75, 3.05) is 0 Å². The molecule has 4 nitrogen and oxygen atoms in total. The van der Waals surface area contributed by atoms with E-state index >= 15 is 0 Å². The zero-order valence-electron chi connectivity index (χ0n) is 12.8. The number of fused-ring (bicyclic) bond motifs is 1. The summed E-state index contributed by atoms with van der Waals surface area (Å²) in [6.45, 7) is 6.39. The minimum absolute atomic E-state index is 0.103. The Balaban J connectivity index is 2.15. The van der Waals surface area contributed by atoms with Crippen molar-refractivity contribution in [3.63, 3.8) is 0 Å². The standard InChI is InChI=1S/C17H17BrN4/c1-17(2,3)15-16(22-11-7-6-10-14(22)19-15)21-20-13-9-5-4-8-12(13)18/h4-11H,1-3H3. The van der Waals surface area contributed by atoms with Crippen molar-refractivity contribution in [2.24, 2.45) is 10.2 Å². The SMILES string of the molecule is CC(C)(C)c1nc2ccccn2c1N=Nc1ccccc1Br. The quantitative estimate of drug-likeness (QED) is 0.534. The lowest BCUT2D eigenvalue weighted by Gasteiger charge is -2.15. The Labute approximate surface area is 138 Å². The van der Waals surface area contributed by atoms with Crippen LogP contribution in [0.25, 0.3) is 5.65 Å². The highest BCUT2D eigenvalue weighted by Gasteiger charge is 2.24. The number of hydrogen-bond acceptors (Lipinski definition) is 3. The number of nitrogens with zero attached hydrogens (tertiary/aromatic N) is 4. The fraction of sp³-hybridized carbons (Fsp3) is 0.235. The first-order chi connectivity index (χ1) is 10.5. The van der Waals surface area contributed by atoms with Crippen LogP contribution in [0.3, 0.4) is 0 Å². The van der Waals surface area contributed by atoms with Gasteiger partial charge in [0.05, 0.1) is 11.4 Å². The lowest BCUT2D eigenvalue weighted by Crippen LogP contribution is -2.11. The van der Waals surface area contributed by atoms with E-state index in [-0.39, 0.29) is 5.41 Å². The molecule has 22 heavy (non-hydrogen) atoms. The minimum atomic E-state index is -0.103. The number of pyridine rings is 1. The molecule has 0 bridgehead atoms. The van der Waals surface area contributed by atoms with Gasteiger partial charge >= 0.3 is 0 Å². The van der Waals surface area contributed by atoms with Crippen molar-refractivity contribution in [2.45, 2.75) is 26.2 Å². The molecule has 3 aromatic rings. The summed E-state index contributed by atoms with van der Waals surface area (Å²) in [5.41, 5.74) is 2.52. The number of benzene rings is 1. The highest BCUT2D eigenvalue weighted by atomic mass is 79.9. The lowest BCUT2D eigenvalue weighted by atomic mass is 9.92. The van der Waals surface area contributed by atoms with Crippen molar-refractivity contribution in [3.05, 3.63) is 58.8 Å². The summed E-state index contributed by atoms with van der Waals surface area (Å²) >= 11 is 3.49. The molecular formula is C17H17BrN4. The maximum absolute atomic E-state index is 4.72. The van der Waals surface area contributed by atoms with Crippen LogP contribution in [0.4, 0.5) is 11.5 Å². The average molecular weight is 357 g/mol. The highest BCUT2D eigenvalue weighted by Crippen LogP contribution is 2.34. The number of aromatic nitrogens is 2. The summed E-state index contributed by atoms with van der Waals surface area (Å²) in [6.07, 6.45) is 1.96. The molecule has 0 unspecified atom stereocenters. The molecule has 1 aromatic carbocycles. The minimum Gasteiger partial charge on any atom is -0.283 e. The topological polar surface area (TPSA) is 42.0 Å². The van der Waals surface area contributed by atoms with Gasteiger partial charge in [0.25, 0.3) is 0 Å². The van der Waals surface area contributed by atoms with Crippen molar-refractivity contribution in [1.82, 2.24) is 9.38 Å².